The summed E-state index contributed by atoms with van der Waals surface area (Å²) in [6.45, 7) is 3.63. The van der Waals surface area contributed by atoms with Crippen LogP contribution >= 0.6 is 0 Å². The number of H-pyrrole nitrogens is 1. The minimum Gasteiger partial charge on any atom is -0.450 e. The van der Waals surface area contributed by atoms with Crippen molar-refractivity contribution in [3.63, 3.8) is 0 Å². The molecule has 0 saturated heterocycles. The van der Waals surface area contributed by atoms with Crippen LogP contribution in [0, 0.1) is 6.92 Å². The zero-order valence-corrected chi connectivity index (χ0v) is 8.38. The third kappa shape index (κ3) is 1.95. The highest BCUT2D eigenvalue weighted by Crippen LogP contribution is 2.05. The van der Waals surface area contributed by atoms with Crippen molar-refractivity contribution >= 4 is 11.9 Å². The molecular formula is C8H13N3O3. The van der Waals surface area contributed by atoms with E-state index in [1.165, 1.54) is 4.68 Å². The number of aromatic amines is 1. The van der Waals surface area contributed by atoms with Gasteiger partial charge in [-0.05, 0) is 13.8 Å². The van der Waals surface area contributed by atoms with Gasteiger partial charge in [0.05, 0.1) is 12.2 Å². The third-order valence-corrected chi connectivity index (χ3v) is 1.78. The van der Waals surface area contributed by atoms with Crippen LogP contribution in [0.1, 0.15) is 12.5 Å². The molecule has 0 bridgehead atoms. The smallest absolute Gasteiger partial charge is 0.412 e. The maximum atomic E-state index is 11.3. The largest absolute Gasteiger partial charge is 0.450 e. The molecule has 1 aromatic heterocycles. The number of hydrogen-bond donors (Lipinski definition) is 2. The molecule has 1 rings (SSSR count). The van der Waals surface area contributed by atoms with Crippen molar-refractivity contribution in [2.24, 2.45) is 7.05 Å². The van der Waals surface area contributed by atoms with Gasteiger partial charge >= 0.3 is 6.09 Å². The second-order valence-electron chi connectivity index (χ2n) is 2.82. The molecular weight excluding hydrogens is 186 g/mol. The average Bonchev–Trinajstić information content (AvgIpc) is 2.34. The number of hydrogen-bond acceptors (Lipinski definition) is 3. The number of aromatic nitrogens is 2. The van der Waals surface area contributed by atoms with E-state index in [1.807, 2.05) is 0 Å². The van der Waals surface area contributed by atoms with Gasteiger partial charge in [-0.1, -0.05) is 0 Å². The number of rotatable bonds is 2. The molecule has 0 unspecified atom stereocenters. The predicted octanol–water partition coefficient (Wildman–Crippen LogP) is 0.590. The SMILES string of the molecule is CCOC(=O)Nc1[nH]n(C)c(=O)c1C. The van der Waals surface area contributed by atoms with Crippen molar-refractivity contribution < 1.29 is 9.53 Å². The Hall–Kier alpha value is -1.72. The lowest BCUT2D eigenvalue weighted by Gasteiger charge is -2.02. The Bertz CT molecular complexity index is 391. The zero-order valence-electron chi connectivity index (χ0n) is 8.38. The average molecular weight is 199 g/mol. The van der Waals surface area contributed by atoms with Crippen molar-refractivity contribution in [2.75, 3.05) is 11.9 Å². The Kier molecular flexibility index (Phi) is 2.95. The highest BCUT2D eigenvalue weighted by atomic mass is 16.5. The molecule has 0 aliphatic rings. The minimum absolute atomic E-state index is 0.170. The van der Waals surface area contributed by atoms with E-state index in [2.05, 4.69) is 15.2 Å². The zero-order chi connectivity index (χ0) is 10.7. The number of nitrogens with zero attached hydrogens (tertiary/aromatic N) is 1. The number of carbonyl (C=O) groups excluding carboxylic acids is 1. The van der Waals surface area contributed by atoms with Gasteiger partial charge in [0.15, 0.2) is 0 Å². The van der Waals surface area contributed by atoms with E-state index in [0.717, 1.165) is 0 Å². The molecule has 0 fully saturated rings. The summed E-state index contributed by atoms with van der Waals surface area (Å²) >= 11 is 0. The molecule has 1 amide bonds. The number of carbonyl (C=O) groups is 1. The summed E-state index contributed by atoms with van der Waals surface area (Å²) in [5.74, 6) is 0.371. The monoisotopic (exact) mass is 199 g/mol. The maximum absolute atomic E-state index is 11.3. The Morgan fingerprint density at radius 1 is 1.64 bits per heavy atom. The van der Waals surface area contributed by atoms with Gasteiger partial charge in [-0.25, -0.2) is 4.79 Å². The van der Waals surface area contributed by atoms with Gasteiger partial charge in [0, 0.05) is 7.05 Å². The number of anilines is 1. The van der Waals surface area contributed by atoms with Gasteiger partial charge in [0.1, 0.15) is 5.82 Å². The molecule has 1 heterocycles. The van der Waals surface area contributed by atoms with Crippen LogP contribution in [0.4, 0.5) is 10.6 Å². The van der Waals surface area contributed by atoms with E-state index in [1.54, 1.807) is 20.9 Å². The standard InChI is InChI=1S/C8H13N3O3/c1-4-14-8(13)9-6-5(2)7(12)11(3)10-6/h10H,4H2,1-3H3,(H,9,13). The van der Waals surface area contributed by atoms with E-state index in [0.29, 0.717) is 18.0 Å². The van der Waals surface area contributed by atoms with Crippen LogP contribution in [-0.4, -0.2) is 22.5 Å². The Morgan fingerprint density at radius 2 is 2.29 bits per heavy atom. The summed E-state index contributed by atoms with van der Waals surface area (Å²) in [7, 11) is 1.58. The fourth-order valence-electron chi connectivity index (χ4n) is 1.05. The molecule has 0 aromatic carbocycles. The van der Waals surface area contributed by atoms with Gasteiger partial charge < -0.3 is 4.74 Å². The Morgan fingerprint density at radius 3 is 2.71 bits per heavy atom. The fourth-order valence-corrected chi connectivity index (χ4v) is 1.05. The van der Waals surface area contributed by atoms with Gasteiger partial charge in [-0.3, -0.25) is 19.9 Å². The van der Waals surface area contributed by atoms with E-state index >= 15 is 0 Å². The summed E-state index contributed by atoms with van der Waals surface area (Å²) in [5, 5.41) is 5.13. The van der Waals surface area contributed by atoms with Crippen LogP contribution in [0.25, 0.3) is 0 Å². The topological polar surface area (TPSA) is 76.1 Å². The molecule has 0 saturated carbocycles. The fraction of sp³-hybridized carbons (Fsp3) is 0.500. The molecule has 78 valence electrons. The van der Waals surface area contributed by atoms with Crippen LogP contribution in [0.15, 0.2) is 4.79 Å². The molecule has 0 atom stereocenters. The molecule has 0 spiro atoms. The van der Waals surface area contributed by atoms with Gasteiger partial charge in [0.2, 0.25) is 0 Å². The molecule has 0 radical (unpaired) electrons. The van der Waals surface area contributed by atoms with Crippen LogP contribution < -0.4 is 10.9 Å². The first kappa shape index (κ1) is 10.4. The minimum atomic E-state index is -0.572. The Labute approximate surface area is 80.8 Å². The van der Waals surface area contributed by atoms with Crippen molar-refractivity contribution in [1.82, 2.24) is 9.78 Å². The number of nitrogens with one attached hydrogen (secondary N) is 2. The van der Waals surface area contributed by atoms with Gasteiger partial charge in [0.25, 0.3) is 5.56 Å². The normalized spacial score (nSPS) is 9.93. The highest BCUT2D eigenvalue weighted by Gasteiger charge is 2.10. The molecule has 1 aromatic rings. The second kappa shape index (κ2) is 3.99. The molecule has 2 N–H and O–H groups in total. The van der Waals surface area contributed by atoms with E-state index in [4.69, 9.17) is 0 Å². The van der Waals surface area contributed by atoms with Crippen molar-refractivity contribution in [3.8, 4) is 0 Å². The lowest BCUT2D eigenvalue weighted by molar-refractivity contribution is 0.168. The first-order valence-corrected chi connectivity index (χ1v) is 4.25. The molecule has 14 heavy (non-hydrogen) atoms. The van der Waals surface area contributed by atoms with E-state index in [9.17, 15) is 9.59 Å². The van der Waals surface area contributed by atoms with Gasteiger partial charge in [-0.2, -0.15) is 0 Å². The summed E-state index contributed by atoms with van der Waals surface area (Å²) < 4.78 is 5.96. The predicted molar refractivity (Wildman–Crippen MR) is 51.4 cm³/mol. The maximum Gasteiger partial charge on any atom is 0.412 e. The van der Waals surface area contributed by atoms with Crippen LogP contribution in [0.3, 0.4) is 0 Å². The number of aryl methyl sites for hydroxylation is 1. The van der Waals surface area contributed by atoms with Crippen LogP contribution in [0.2, 0.25) is 0 Å². The first-order valence-electron chi connectivity index (χ1n) is 4.25. The Balaban J connectivity index is 2.82. The van der Waals surface area contributed by atoms with Crippen molar-refractivity contribution in [2.45, 2.75) is 13.8 Å². The second-order valence-corrected chi connectivity index (χ2v) is 2.82. The summed E-state index contributed by atoms with van der Waals surface area (Å²) in [6.07, 6.45) is -0.572. The number of amides is 1. The van der Waals surface area contributed by atoms with Gasteiger partial charge in [-0.15, -0.1) is 0 Å². The quantitative estimate of drug-likeness (QED) is 0.731. The highest BCUT2D eigenvalue weighted by molar-refractivity contribution is 5.84. The summed E-state index contributed by atoms with van der Waals surface area (Å²) in [4.78, 5) is 22.3. The van der Waals surface area contributed by atoms with Crippen LogP contribution in [0.5, 0.6) is 0 Å². The first-order chi connectivity index (χ1) is 6.56. The molecule has 0 aliphatic heterocycles. The summed E-state index contributed by atoms with van der Waals surface area (Å²) in [5.41, 5.74) is 0.289. The van der Waals surface area contributed by atoms with E-state index in [-0.39, 0.29) is 5.56 Å². The summed E-state index contributed by atoms with van der Waals surface area (Å²) in [6, 6.07) is 0. The van der Waals surface area contributed by atoms with Crippen molar-refractivity contribution in [1.29, 1.82) is 0 Å². The lowest BCUT2D eigenvalue weighted by atomic mass is 10.4. The van der Waals surface area contributed by atoms with E-state index < -0.39 is 6.09 Å². The molecule has 6 nitrogen and oxygen atoms in total. The number of ether oxygens (including phenoxy) is 1. The van der Waals surface area contributed by atoms with Crippen molar-refractivity contribution in [3.05, 3.63) is 15.9 Å². The third-order valence-electron chi connectivity index (χ3n) is 1.78. The van der Waals surface area contributed by atoms with Crippen LogP contribution in [-0.2, 0) is 11.8 Å². The molecule has 6 heteroatoms. The lowest BCUT2D eigenvalue weighted by Crippen LogP contribution is -2.14. The molecule has 0 aliphatic carbocycles.